The van der Waals surface area contributed by atoms with Crippen molar-refractivity contribution in [3.05, 3.63) is 153 Å². The van der Waals surface area contributed by atoms with E-state index in [4.69, 9.17) is 0 Å². The summed E-state index contributed by atoms with van der Waals surface area (Å²) in [6.07, 6.45) is 0. The van der Waals surface area contributed by atoms with Crippen LogP contribution in [0.25, 0.3) is 44.5 Å². The van der Waals surface area contributed by atoms with Gasteiger partial charge in [0.25, 0.3) is 0 Å². The molecule has 0 fully saturated rings. The van der Waals surface area contributed by atoms with Gasteiger partial charge in [-0.1, -0.05) is 0 Å². The SMILES string of the molecule is Fc1c(F)c(F)c(-c2cccc([Se]c3cccc(-c4c(F)c(F)c(F)c(F)c4F)c3-c3c(F)c(F)c(F)c(F)c3F)c2-c2c(F)c(F)c(F)c(F)c2F)c(F)c1F.P. The molecular weight excluding hydrogens is 922 g/mol. The third-order valence-electron chi connectivity index (χ3n) is 8.15. The average Bonchev–Trinajstić information content (AvgIpc) is 3.19. The normalized spacial score (nSPS) is 11.4. The largest absolute Gasteiger partial charge is 0.153 e. The Morgan fingerprint density at radius 1 is 0.224 bits per heavy atom. The monoisotopic (exact) mass is 932 g/mol. The molecule has 0 heterocycles. The second-order valence-corrected chi connectivity index (χ2v) is 13.5. The van der Waals surface area contributed by atoms with E-state index in [0.717, 1.165) is 0 Å². The van der Waals surface area contributed by atoms with Gasteiger partial charge in [0.2, 0.25) is 0 Å². The van der Waals surface area contributed by atoms with Gasteiger partial charge in [-0.15, -0.1) is 0 Å². The maximum absolute atomic E-state index is 15.5. The molecule has 58 heavy (non-hydrogen) atoms. The zero-order valence-electron chi connectivity index (χ0n) is 27.1. The van der Waals surface area contributed by atoms with Crippen LogP contribution in [0.3, 0.4) is 0 Å². The summed E-state index contributed by atoms with van der Waals surface area (Å²) in [4.78, 5) is 0. The van der Waals surface area contributed by atoms with Crippen LogP contribution in [0.1, 0.15) is 0 Å². The van der Waals surface area contributed by atoms with Crippen molar-refractivity contribution >= 4 is 33.8 Å². The molecule has 0 aliphatic carbocycles. The minimum Gasteiger partial charge on any atom is -0.153 e. The quantitative estimate of drug-likeness (QED) is 0.0513. The van der Waals surface area contributed by atoms with Crippen LogP contribution in [-0.4, -0.2) is 15.0 Å². The van der Waals surface area contributed by atoms with Crippen LogP contribution in [0, 0.1) is 116 Å². The van der Waals surface area contributed by atoms with Crippen LogP contribution in [0.2, 0.25) is 0 Å². The van der Waals surface area contributed by atoms with E-state index >= 15 is 35.1 Å². The van der Waals surface area contributed by atoms with E-state index in [-0.39, 0.29) is 9.90 Å². The first-order valence-corrected chi connectivity index (χ1v) is 16.4. The summed E-state index contributed by atoms with van der Waals surface area (Å²) in [5.74, 6) is -55.4. The van der Waals surface area contributed by atoms with Crippen LogP contribution in [0.5, 0.6) is 0 Å². The minimum absolute atomic E-state index is 0. The van der Waals surface area contributed by atoms with Gasteiger partial charge in [0.15, 0.2) is 0 Å². The van der Waals surface area contributed by atoms with E-state index < -0.39 is 185 Å². The molecule has 0 amide bonds. The fraction of sp³-hybridized carbons (Fsp3) is 0. The van der Waals surface area contributed by atoms with Gasteiger partial charge >= 0.3 is 309 Å². The number of rotatable bonds is 6. The van der Waals surface area contributed by atoms with Gasteiger partial charge in [-0.2, -0.15) is 9.90 Å². The molecule has 0 aromatic heterocycles. The molecule has 0 bridgehead atoms. The molecule has 0 aliphatic heterocycles. The Morgan fingerprint density at radius 2 is 0.414 bits per heavy atom. The maximum Gasteiger partial charge on any atom is -0.153 e. The predicted octanol–water partition coefficient (Wildman–Crippen LogP) is 10.8. The molecule has 1 atom stereocenters. The van der Waals surface area contributed by atoms with Crippen molar-refractivity contribution < 1.29 is 87.8 Å². The van der Waals surface area contributed by atoms with Crippen molar-refractivity contribution in [1.29, 1.82) is 0 Å². The van der Waals surface area contributed by atoms with E-state index in [1.54, 1.807) is 0 Å². The molecule has 0 spiro atoms. The molecule has 0 radical (unpaired) electrons. The van der Waals surface area contributed by atoms with Crippen LogP contribution in [-0.2, 0) is 0 Å². The summed E-state index contributed by atoms with van der Waals surface area (Å²) in [5.41, 5.74) is -14.8. The minimum atomic E-state index is -2.84. The van der Waals surface area contributed by atoms with E-state index in [2.05, 4.69) is 0 Å². The first-order valence-electron chi connectivity index (χ1n) is 14.7. The van der Waals surface area contributed by atoms with E-state index in [1.807, 2.05) is 0 Å². The predicted molar refractivity (Wildman–Crippen MR) is 170 cm³/mol. The van der Waals surface area contributed by atoms with Gasteiger partial charge < -0.3 is 0 Å². The van der Waals surface area contributed by atoms with Crippen molar-refractivity contribution in [1.82, 2.24) is 0 Å². The summed E-state index contributed by atoms with van der Waals surface area (Å²) in [5, 5.41) is 0. The summed E-state index contributed by atoms with van der Waals surface area (Å²) in [7, 11) is 0. The van der Waals surface area contributed by atoms with Gasteiger partial charge in [-0.05, 0) is 0 Å². The second kappa shape index (κ2) is 15.9. The van der Waals surface area contributed by atoms with Gasteiger partial charge in [-0.3, -0.25) is 0 Å². The van der Waals surface area contributed by atoms with Gasteiger partial charge in [0, 0.05) is 0 Å². The second-order valence-electron chi connectivity index (χ2n) is 11.2. The van der Waals surface area contributed by atoms with Crippen molar-refractivity contribution in [2.75, 3.05) is 0 Å². The van der Waals surface area contributed by atoms with Crippen molar-refractivity contribution in [2.24, 2.45) is 0 Å². The summed E-state index contributed by atoms with van der Waals surface area (Å²) in [6, 6.07) is 2.98. The van der Waals surface area contributed by atoms with E-state index in [9.17, 15) is 52.7 Å². The first kappa shape index (κ1) is 44.0. The van der Waals surface area contributed by atoms with Gasteiger partial charge in [0.05, 0.1) is 0 Å². The molecule has 0 N–H and O–H groups in total. The van der Waals surface area contributed by atoms with Crippen LogP contribution < -0.4 is 8.92 Å². The fourth-order valence-corrected chi connectivity index (χ4v) is 8.04. The zero-order valence-corrected chi connectivity index (χ0v) is 30.3. The molecular formula is C36H9F20PSe. The molecule has 0 nitrogen and oxygen atoms in total. The van der Waals surface area contributed by atoms with Crippen molar-refractivity contribution in [3.8, 4) is 44.5 Å². The molecule has 0 aliphatic rings. The number of halogens is 20. The Hall–Kier alpha value is -5.13. The van der Waals surface area contributed by atoms with Crippen LogP contribution >= 0.6 is 9.90 Å². The Balaban J connectivity index is 0.00000641. The topological polar surface area (TPSA) is 0 Å². The molecule has 22 heteroatoms. The molecule has 6 aromatic rings. The standard InChI is InChI=1S/C36H6F20Se.H3P/c37-17-13(18(38)26(46)33(53)25(17)45)7-3-1-5-9(11(7)15-21(41)29(49)35(55)30(50)22(15)42)57-10-6-2-4-8(14-19(39)27(47)34(54)28(48)20(14)40)12(10)16-23(43)31(51)36(56)32(52)24(16)44;/h1-6H;1H3. The number of hydrogen-bond acceptors (Lipinski definition) is 0. The molecule has 1 unspecified atom stereocenters. The molecule has 6 rings (SSSR count). The Kier molecular flexibility index (Phi) is 12.1. The van der Waals surface area contributed by atoms with Crippen LogP contribution in [0.15, 0.2) is 36.4 Å². The van der Waals surface area contributed by atoms with Gasteiger partial charge in [0.1, 0.15) is 0 Å². The molecule has 304 valence electrons. The Labute approximate surface area is 318 Å². The van der Waals surface area contributed by atoms with E-state index in [1.165, 1.54) is 0 Å². The molecule has 0 saturated carbocycles. The maximum atomic E-state index is 15.5. The molecule has 6 aromatic carbocycles. The summed E-state index contributed by atoms with van der Waals surface area (Å²) < 4.78 is 293. The Morgan fingerprint density at radius 3 is 0.638 bits per heavy atom. The van der Waals surface area contributed by atoms with E-state index in [0.29, 0.717) is 36.4 Å². The smallest absolute Gasteiger partial charge is 0.153 e. The van der Waals surface area contributed by atoms with Crippen molar-refractivity contribution in [3.63, 3.8) is 0 Å². The number of benzene rings is 6. The first-order chi connectivity index (χ1) is 26.7. The third-order valence-corrected chi connectivity index (χ3v) is 10.5. The summed E-state index contributed by atoms with van der Waals surface area (Å²) in [6.45, 7) is 0. The Bertz CT molecular complexity index is 2430. The van der Waals surface area contributed by atoms with Crippen LogP contribution in [0.4, 0.5) is 87.8 Å². The zero-order chi connectivity index (χ0) is 42.3. The fourth-order valence-electron chi connectivity index (χ4n) is 5.61. The van der Waals surface area contributed by atoms with Gasteiger partial charge in [-0.25, -0.2) is 0 Å². The average molecular weight is 931 g/mol. The third kappa shape index (κ3) is 6.56. The van der Waals surface area contributed by atoms with Crippen molar-refractivity contribution in [2.45, 2.75) is 0 Å². The summed E-state index contributed by atoms with van der Waals surface area (Å²) >= 11 is -2.38. The molecule has 0 saturated heterocycles. The number of hydrogen-bond donors (Lipinski definition) is 0.